The van der Waals surface area contributed by atoms with Gasteiger partial charge in [0.15, 0.2) is 0 Å². The molecule has 5 rings (SSSR count). The Bertz CT molecular complexity index is 1340. The van der Waals surface area contributed by atoms with Crippen LogP contribution >= 0.6 is 0 Å². The maximum Gasteiger partial charge on any atom is 0.257 e. The van der Waals surface area contributed by atoms with E-state index in [1.807, 2.05) is 11.0 Å². The minimum absolute atomic E-state index is 0.171. The molecule has 4 heterocycles. The number of nitrogens with one attached hydrogen (secondary N) is 3. The van der Waals surface area contributed by atoms with Crippen LogP contribution in [-0.2, 0) is 9.47 Å². The van der Waals surface area contributed by atoms with Crippen molar-refractivity contribution in [2.45, 2.75) is 19.8 Å². The molecule has 2 aromatic heterocycles. The summed E-state index contributed by atoms with van der Waals surface area (Å²) in [6.45, 7) is 6.47. The number of hydrogen-bond donors (Lipinski definition) is 3. The molecule has 2 amide bonds. The van der Waals surface area contributed by atoms with Crippen LogP contribution in [0.2, 0.25) is 0 Å². The summed E-state index contributed by atoms with van der Waals surface area (Å²) in [5.41, 5.74) is 2.44. The van der Waals surface area contributed by atoms with Crippen LogP contribution in [0.3, 0.4) is 0 Å². The first-order valence-electron chi connectivity index (χ1n) is 13.4. The third-order valence-electron chi connectivity index (χ3n) is 7.04. The molecule has 40 heavy (non-hydrogen) atoms. The highest BCUT2D eigenvalue weighted by atomic mass is 19.1. The summed E-state index contributed by atoms with van der Waals surface area (Å²) < 4.78 is 25.1. The van der Waals surface area contributed by atoms with Gasteiger partial charge in [-0.25, -0.2) is 9.37 Å². The van der Waals surface area contributed by atoms with Crippen LogP contribution in [0.15, 0.2) is 48.8 Å². The van der Waals surface area contributed by atoms with Gasteiger partial charge in [-0.2, -0.15) is 0 Å². The summed E-state index contributed by atoms with van der Waals surface area (Å²) in [6.07, 6.45) is 5.12. The van der Waals surface area contributed by atoms with Gasteiger partial charge >= 0.3 is 0 Å². The van der Waals surface area contributed by atoms with Gasteiger partial charge < -0.3 is 30.3 Å². The Balaban J connectivity index is 1.21. The number of pyridine rings is 2. The number of benzene rings is 1. The molecule has 1 aromatic carbocycles. The second-order valence-electron chi connectivity index (χ2n) is 9.93. The Morgan fingerprint density at radius 2 is 1.65 bits per heavy atom. The van der Waals surface area contributed by atoms with E-state index in [2.05, 4.69) is 25.9 Å². The van der Waals surface area contributed by atoms with E-state index in [1.54, 1.807) is 31.3 Å². The van der Waals surface area contributed by atoms with Crippen molar-refractivity contribution in [1.29, 1.82) is 0 Å². The van der Waals surface area contributed by atoms with Gasteiger partial charge in [0.25, 0.3) is 11.8 Å². The minimum Gasteiger partial charge on any atom is -0.381 e. The quantitative estimate of drug-likeness (QED) is 0.385. The van der Waals surface area contributed by atoms with E-state index in [9.17, 15) is 14.0 Å². The molecule has 210 valence electrons. The van der Waals surface area contributed by atoms with Gasteiger partial charge in [-0.3, -0.25) is 14.6 Å². The van der Waals surface area contributed by atoms with Crippen molar-refractivity contribution < 1.29 is 23.5 Å². The Morgan fingerprint density at radius 3 is 2.40 bits per heavy atom. The van der Waals surface area contributed by atoms with Gasteiger partial charge in [-0.05, 0) is 62.1 Å². The van der Waals surface area contributed by atoms with Crippen LogP contribution in [0, 0.1) is 18.7 Å². The number of aryl methyl sites for hydroxylation is 1. The number of aromatic nitrogens is 2. The molecular formula is C29H33FN6O4. The molecule has 2 fully saturated rings. The number of anilines is 4. The summed E-state index contributed by atoms with van der Waals surface area (Å²) in [6, 6.07) is 9.39. The normalized spacial score (nSPS) is 15.9. The molecule has 0 unspecified atom stereocenters. The molecule has 2 saturated heterocycles. The zero-order valence-corrected chi connectivity index (χ0v) is 22.4. The Kier molecular flexibility index (Phi) is 8.82. The number of carbonyl (C=O) groups excluding carboxylic acids is 2. The van der Waals surface area contributed by atoms with Crippen molar-refractivity contribution in [2.75, 3.05) is 66.9 Å². The Morgan fingerprint density at radius 1 is 0.925 bits per heavy atom. The number of amides is 2. The van der Waals surface area contributed by atoms with Gasteiger partial charge in [0.2, 0.25) is 0 Å². The van der Waals surface area contributed by atoms with Crippen LogP contribution in [-0.4, -0.2) is 67.8 Å². The fourth-order valence-corrected chi connectivity index (χ4v) is 4.71. The van der Waals surface area contributed by atoms with Gasteiger partial charge in [0, 0.05) is 44.1 Å². The van der Waals surface area contributed by atoms with E-state index in [4.69, 9.17) is 9.47 Å². The fourth-order valence-electron chi connectivity index (χ4n) is 4.71. The van der Waals surface area contributed by atoms with E-state index in [0.717, 1.165) is 38.4 Å². The first kappa shape index (κ1) is 27.5. The highest BCUT2D eigenvalue weighted by molar-refractivity contribution is 6.08. The standard InChI is InChI=1S/C29H33FN6O4/c1-19-26(29(38)34-23-2-3-27(33-17-23)32-16-20-4-8-39-9-5-20)15-24(18-31-19)35-28(37)21-12-22(30)14-25(13-21)36-6-10-40-11-7-36/h2-3,12-15,17-18,20H,4-11,16H2,1H3,(H,32,33)(H,34,38)(H,35,37). The SMILES string of the molecule is Cc1ncc(NC(=O)c2cc(F)cc(N3CCOCC3)c2)cc1C(=O)Nc1ccc(NCC2CCOCC2)nc1. The van der Waals surface area contributed by atoms with Crippen molar-refractivity contribution in [2.24, 2.45) is 5.92 Å². The zero-order chi connectivity index (χ0) is 27.9. The summed E-state index contributed by atoms with van der Waals surface area (Å²) >= 11 is 0. The first-order valence-corrected chi connectivity index (χ1v) is 13.4. The zero-order valence-electron chi connectivity index (χ0n) is 22.4. The summed E-state index contributed by atoms with van der Waals surface area (Å²) in [7, 11) is 0. The maximum absolute atomic E-state index is 14.3. The average Bonchev–Trinajstić information content (AvgIpc) is 2.98. The van der Waals surface area contributed by atoms with Gasteiger partial charge in [-0.1, -0.05) is 0 Å². The molecule has 11 heteroatoms. The summed E-state index contributed by atoms with van der Waals surface area (Å²) in [5, 5.41) is 8.90. The van der Waals surface area contributed by atoms with E-state index >= 15 is 0 Å². The van der Waals surface area contributed by atoms with Crippen LogP contribution in [0.1, 0.15) is 39.3 Å². The van der Waals surface area contributed by atoms with Crippen molar-refractivity contribution >= 4 is 34.7 Å². The predicted octanol–water partition coefficient (Wildman–Crippen LogP) is 4.10. The fraction of sp³-hybridized carbons (Fsp3) is 0.379. The van der Waals surface area contributed by atoms with Crippen molar-refractivity contribution in [1.82, 2.24) is 9.97 Å². The molecule has 0 saturated carbocycles. The Hall–Kier alpha value is -4.09. The molecule has 3 aromatic rings. The van der Waals surface area contributed by atoms with E-state index in [1.165, 1.54) is 18.3 Å². The maximum atomic E-state index is 14.3. The van der Waals surface area contributed by atoms with Crippen LogP contribution in [0.5, 0.6) is 0 Å². The average molecular weight is 549 g/mol. The smallest absolute Gasteiger partial charge is 0.257 e. The van der Waals surface area contributed by atoms with Crippen molar-refractivity contribution in [3.63, 3.8) is 0 Å². The molecule has 2 aliphatic heterocycles. The van der Waals surface area contributed by atoms with Crippen molar-refractivity contribution in [3.05, 3.63) is 71.4 Å². The monoisotopic (exact) mass is 548 g/mol. The second-order valence-corrected chi connectivity index (χ2v) is 9.93. The topological polar surface area (TPSA) is 118 Å². The lowest BCUT2D eigenvalue weighted by Gasteiger charge is -2.29. The number of rotatable bonds is 8. The number of halogens is 1. The molecule has 2 aliphatic rings. The van der Waals surface area contributed by atoms with Crippen molar-refractivity contribution in [3.8, 4) is 0 Å². The lowest BCUT2D eigenvalue weighted by atomic mass is 10.0. The first-order chi connectivity index (χ1) is 19.4. The number of hydrogen-bond acceptors (Lipinski definition) is 8. The lowest BCUT2D eigenvalue weighted by Crippen LogP contribution is -2.36. The van der Waals surface area contributed by atoms with Gasteiger partial charge in [0.1, 0.15) is 11.6 Å². The third kappa shape index (κ3) is 7.10. The molecule has 0 aliphatic carbocycles. The van der Waals surface area contributed by atoms with E-state index in [0.29, 0.717) is 60.5 Å². The Labute approximate surface area is 232 Å². The number of carbonyl (C=O) groups is 2. The van der Waals surface area contributed by atoms with Gasteiger partial charge in [0.05, 0.1) is 48.2 Å². The van der Waals surface area contributed by atoms with E-state index < -0.39 is 11.7 Å². The van der Waals surface area contributed by atoms with Crippen LogP contribution in [0.25, 0.3) is 0 Å². The summed E-state index contributed by atoms with van der Waals surface area (Å²) in [5.74, 6) is -0.0908. The number of nitrogens with zero attached hydrogens (tertiary/aromatic N) is 3. The molecule has 0 radical (unpaired) electrons. The number of morpholine rings is 1. The van der Waals surface area contributed by atoms with Crippen LogP contribution in [0.4, 0.5) is 27.3 Å². The highest BCUT2D eigenvalue weighted by Crippen LogP contribution is 2.22. The lowest BCUT2D eigenvalue weighted by molar-refractivity contribution is 0.0699. The molecule has 0 spiro atoms. The molecule has 3 N–H and O–H groups in total. The predicted molar refractivity (Wildman–Crippen MR) is 151 cm³/mol. The van der Waals surface area contributed by atoms with E-state index in [-0.39, 0.29) is 11.5 Å². The molecule has 0 bridgehead atoms. The molecular weight excluding hydrogens is 515 g/mol. The largest absolute Gasteiger partial charge is 0.381 e. The second kappa shape index (κ2) is 12.8. The number of ether oxygens (including phenoxy) is 2. The molecule has 10 nitrogen and oxygen atoms in total. The minimum atomic E-state index is -0.505. The molecule has 0 atom stereocenters. The summed E-state index contributed by atoms with van der Waals surface area (Å²) in [4.78, 5) is 36.7. The van der Waals surface area contributed by atoms with Gasteiger partial charge in [-0.15, -0.1) is 0 Å². The van der Waals surface area contributed by atoms with Crippen LogP contribution < -0.4 is 20.9 Å². The highest BCUT2D eigenvalue weighted by Gasteiger charge is 2.18. The third-order valence-corrected chi connectivity index (χ3v) is 7.04.